The van der Waals surface area contributed by atoms with Gasteiger partial charge in [0, 0.05) is 38.6 Å². The lowest BCUT2D eigenvalue weighted by Gasteiger charge is -2.33. The Morgan fingerprint density at radius 1 is 0.821 bits per heavy atom. The van der Waals surface area contributed by atoms with Crippen LogP contribution >= 0.6 is 24.8 Å². The van der Waals surface area contributed by atoms with Crippen LogP contribution in [-0.2, 0) is 0 Å². The number of nitrogens with zero attached hydrogens (tertiary/aromatic N) is 6. The van der Waals surface area contributed by atoms with Crippen LogP contribution in [0.4, 0.5) is 17.3 Å². The summed E-state index contributed by atoms with van der Waals surface area (Å²) >= 11 is 0. The fourth-order valence-corrected chi connectivity index (χ4v) is 2.92. The van der Waals surface area contributed by atoms with E-state index in [1.807, 2.05) is 30.5 Å². The van der Waals surface area contributed by atoms with Gasteiger partial charge in [-0.2, -0.15) is 0 Å². The summed E-state index contributed by atoms with van der Waals surface area (Å²) in [6.45, 7) is 4.23. The largest absolute Gasteiger partial charge is 0.368 e. The molecule has 4 rings (SSSR count). The van der Waals surface area contributed by atoms with Crippen LogP contribution in [0, 0.1) is 0 Å². The van der Waals surface area contributed by atoms with Gasteiger partial charge in [0.25, 0.3) is 0 Å². The Morgan fingerprint density at radius 3 is 2.32 bits per heavy atom. The predicted octanol–water partition coefficient (Wildman–Crippen LogP) is 3.27. The van der Waals surface area contributed by atoms with Crippen molar-refractivity contribution in [2.45, 2.75) is 0 Å². The van der Waals surface area contributed by atoms with Gasteiger partial charge in [-0.15, -0.1) is 24.8 Å². The van der Waals surface area contributed by atoms with E-state index in [4.69, 9.17) is 0 Å². The maximum Gasteiger partial charge on any atom is 0.132 e. The average molecular weight is 420 g/mol. The van der Waals surface area contributed by atoms with E-state index < -0.39 is 0 Å². The molecule has 1 fully saturated rings. The lowest BCUT2D eigenvalue weighted by Crippen LogP contribution is -2.44. The van der Waals surface area contributed by atoms with Crippen molar-refractivity contribution >= 4 is 42.1 Å². The maximum absolute atomic E-state index is 4.59. The highest BCUT2D eigenvalue weighted by Crippen LogP contribution is 2.20. The van der Waals surface area contributed by atoms with Crippen molar-refractivity contribution in [3.05, 3.63) is 55.1 Å². The van der Waals surface area contributed by atoms with Gasteiger partial charge in [0.05, 0.1) is 23.8 Å². The minimum absolute atomic E-state index is 0. The van der Waals surface area contributed by atoms with Crippen molar-refractivity contribution in [1.82, 2.24) is 24.8 Å². The van der Waals surface area contributed by atoms with Crippen molar-refractivity contribution < 1.29 is 0 Å². The first-order valence-corrected chi connectivity index (χ1v) is 8.68. The molecule has 1 saturated heterocycles. The number of halogens is 2. The number of hydrogen-bond acceptors (Lipinski definition) is 7. The zero-order chi connectivity index (χ0) is 17.8. The first kappa shape index (κ1) is 21.8. The molecule has 3 aromatic heterocycles. The Bertz CT molecular complexity index is 854. The molecule has 7 nitrogen and oxygen atoms in total. The summed E-state index contributed by atoms with van der Waals surface area (Å²) in [6.07, 6.45) is 6.93. The number of pyridine rings is 2. The average Bonchev–Trinajstić information content (AvgIpc) is 2.70. The Balaban J connectivity index is 0.00000140. The molecule has 0 amide bonds. The molecule has 0 aromatic carbocycles. The molecule has 1 aliphatic heterocycles. The van der Waals surface area contributed by atoms with Crippen LogP contribution in [0.1, 0.15) is 0 Å². The van der Waals surface area contributed by atoms with Gasteiger partial charge in [0.2, 0.25) is 0 Å². The molecular weight excluding hydrogens is 397 g/mol. The lowest BCUT2D eigenvalue weighted by atomic mass is 10.2. The molecule has 4 heterocycles. The number of hydrogen-bond donors (Lipinski definition) is 1. The SMILES string of the molecule is CN1CCN(c2ccc(Nc3cccc(-c4cnccn4)n3)nc2)CC1.Cl.Cl. The first-order chi connectivity index (χ1) is 12.8. The summed E-state index contributed by atoms with van der Waals surface area (Å²) in [5.74, 6) is 1.50. The predicted molar refractivity (Wildman–Crippen MR) is 117 cm³/mol. The molecule has 0 radical (unpaired) electrons. The second kappa shape index (κ2) is 10.2. The third kappa shape index (κ3) is 5.28. The summed E-state index contributed by atoms with van der Waals surface area (Å²) in [6, 6.07) is 9.87. The second-order valence-electron chi connectivity index (χ2n) is 6.32. The lowest BCUT2D eigenvalue weighted by molar-refractivity contribution is 0.313. The van der Waals surface area contributed by atoms with E-state index in [2.05, 4.69) is 48.2 Å². The summed E-state index contributed by atoms with van der Waals surface area (Å²) in [7, 11) is 2.16. The van der Waals surface area contributed by atoms with Crippen molar-refractivity contribution in [2.75, 3.05) is 43.4 Å². The Labute approximate surface area is 177 Å². The quantitative estimate of drug-likeness (QED) is 0.695. The van der Waals surface area contributed by atoms with Crippen LogP contribution in [-0.4, -0.2) is 58.1 Å². The van der Waals surface area contributed by atoms with Crippen LogP contribution in [0.15, 0.2) is 55.1 Å². The molecule has 0 bridgehead atoms. The van der Waals surface area contributed by atoms with E-state index in [9.17, 15) is 0 Å². The number of rotatable bonds is 4. The Morgan fingerprint density at radius 2 is 1.64 bits per heavy atom. The highest BCUT2D eigenvalue weighted by molar-refractivity contribution is 5.85. The summed E-state index contributed by atoms with van der Waals surface area (Å²) in [4.78, 5) is 22.2. The van der Waals surface area contributed by atoms with Crippen molar-refractivity contribution in [3.8, 4) is 11.4 Å². The number of likely N-dealkylation sites (N-methyl/N-ethyl adjacent to an activating group) is 1. The van der Waals surface area contributed by atoms with Crippen LogP contribution < -0.4 is 10.2 Å². The zero-order valence-electron chi connectivity index (χ0n) is 15.5. The monoisotopic (exact) mass is 419 g/mol. The number of aromatic nitrogens is 4. The first-order valence-electron chi connectivity index (χ1n) is 8.68. The summed E-state index contributed by atoms with van der Waals surface area (Å²) in [5, 5.41) is 3.25. The van der Waals surface area contributed by atoms with Crippen molar-refractivity contribution in [1.29, 1.82) is 0 Å². The standard InChI is InChI=1S/C19H21N7.2ClH/c1-25-9-11-26(12-10-25)15-5-6-18(22-13-15)24-19-4-2-3-16(23-19)17-14-20-7-8-21-17;;/h2-8,13-14H,9-12H2,1H3,(H,22,23,24);2*1H. The van der Waals surface area contributed by atoms with Gasteiger partial charge in [0.15, 0.2) is 0 Å². The molecule has 28 heavy (non-hydrogen) atoms. The number of anilines is 3. The van der Waals surface area contributed by atoms with Gasteiger partial charge in [-0.05, 0) is 31.3 Å². The zero-order valence-corrected chi connectivity index (χ0v) is 17.2. The molecule has 0 spiro atoms. The van der Waals surface area contributed by atoms with E-state index in [0.717, 1.165) is 54.9 Å². The van der Waals surface area contributed by atoms with Gasteiger partial charge in [-0.25, -0.2) is 9.97 Å². The smallest absolute Gasteiger partial charge is 0.132 e. The minimum atomic E-state index is 0. The van der Waals surface area contributed by atoms with Crippen LogP contribution in [0.3, 0.4) is 0 Å². The minimum Gasteiger partial charge on any atom is -0.368 e. The molecular formula is C19H23Cl2N7. The Hall–Kier alpha value is -2.48. The molecule has 1 aliphatic rings. The van der Waals surface area contributed by atoms with E-state index >= 15 is 0 Å². The fourth-order valence-electron chi connectivity index (χ4n) is 2.92. The summed E-state index contributed by atoms with van der Waals surface area (Å²) in [5.41, 5.74) is 2.68. The summed E-state index contributed by atoms with van der Waals surface area (Å²) < 4.78 is 0. The molecule has 9 heteroatoms. The normalized spacial score (nSPS) is 14.0. The third-order valence-electron chi connectivity index (χ3n) is 4.45. The van der Waals surface area contributed by atoms with Gasteiger partial charge in [-0.3, -0.25) is 9.97 Å². The van der Waals surface area contributed by atoms with Gasteiger partial charge >= 0.3 is 0 Å². The van der Waals surface area contributed by atoms with Crippen molar-refractivity contribution in [3.63, 3.8) is 0 Å². The van der Waals surface area contributed by atoms with E-state index in [1.165, 1.54) is 0 Å². The highest BCUT2D eigenvalue weighted by atomic mass is 35.5. The van der Waals surface area contributed by atoms with Crippen LogP contribution in [0.5, 0.6) is 0 Å². The maximum atomic E-state index is 4.59. The van der Waals surface area contributed by atoms with Gasteiger partial charge in [0.1, 0.15) is 17.3 Å². The van der Waals surface area contributed by atoms with Gasteiger partial charge < -0.3 is 15.1 Å². The molecule has 0 unspecified atom stereocenters. The molecule has 148 valence electrons. The van der Waals surface area contributed by atoms with Crippen LogP contribution in [0.2, 0.25) is 0 Å². The molecule has 3 aromatic rings. The van der Waals surface area contributed by atoms with E-state index in [1.54, 1.807) is 18.6 Å². The Kier molecular flexibility index (Phi) is 7.92. The number of piperazine rings is 1. The highest BCUT2D eigenvalue weighted by Gasteiger charge is 2.14. The molecule has 0 atom stereocenters. The molecule has 0 saturated carbocycles. The topological polar surface area (TPSA) is 70.1 Å². The number of nitrogens with one attached hydrogen (secondary N) is 1. The molecule has 1 N–H and O–H groups in total. The third-order valence-corrected chi connectivity index (χ3v) is 4.45. The van der Waals surface area contributed by atoms with Crippen LogP contribution in [0.25, 0.3) is 11.4 Å². The van der Waals surface area contributed by atoms with E-state index in [0.29, 0.717) is 0 Å². The molecule has 0 aliphatic carbocycles. The fraction of sp³-hybridized carbons (Fsp3) is 0.263. The van der Waals surface area contributed by atoms with Crippen molar-refractivity contribution in [2.24, 2.45) is 0 Å². The van der Waals surface area contributed by atoms with Gasteiger partial charge in [-0.1, -0.05) is 6.07 Å². The van der Waals surface area contributed by atoms with E-state index in [-0.39, 0.29) is 24.8 Å². The second-order valence-corrected chi connectivity index (χ2v) is 6.32.